The predicted molar refractivity (Wildman–Crippen MR) is 77.9 cm³/mol. The van der Waals surface area contributed by atoms with Gasteiger partial charge in [0.2, 0.25) is 0 Å². The van der Waals surface area contributed by atoms with Crippen molar-refractivity contribution in [3.63, 3.8) is 0 Å². The molecule has 0 atom stereocenters. The largest absolute Gasteiger partial charge is 0.416 e. The van der Waals surface area contributed by atoms with Gasteiger partial charge in [-0.05, 0) is 25.1 Å². The van der Waals surface area contributed by atoms with E-state index in [9.17, 15) is 13.2 Å². The number of benzene rings is 1. The highest BCUT2D eigenvalue weighted by Crippen LogP contribution is 2.34. The number of aliphatic hydroxyl groups is 2. The lowest BCUT2D eigenvalue weighted by Gasteiger charge is -2.25. The molecule has 7 heteroatoms. The Morgan fingerprint density at radius 2 is 1.73 bits per heavy atom. The molecule has 0 aliphatic carbocycles. The number of rotatable bonds is 5. The minimum Gasteiger partial charge on any atom is -0.395 e. The van der Waals surface area contributed by atoms with E-state index in [1.54, 1.807) is 17.9 Å². The molecule has 2 aromatic rings. The number of aryl methyl sites for hydroxylation is 1. The number of fused-ring (bicyclic) bond motifs is 1. The molecule has 4 nitrogen and oxygen atoms in total. The maximum absolute atomic E-state index is 12.8. The summed E-state index contributed by atoms with van der Waals surface area (Å²) in [5.74, 6) is 0. The van der Waals surface area contributed by atoms with Gasteiger partial charge in [-0.25, -0.2) is 0 Å². The second-order valence-electron chi connectivity index (χ2n) is 4.95. The number of halogens is 3. The van der Waals surface area contributed by atoms with Crippen LogP contribution in [0, 0.1) is 6.92 Å². The molecule has 2 rings (SSSR count). The average Bonchev–Trinajstić information content (AvgIpc) is 2.44. The van der Waals surface area contributed by atoms with Crippen LogP contribution in [0.2, 0.25) is 0 Å². The quantitative estimate of drug-likeness (QED) is 0.889. The Bertz CT molecular complexity index is 653. The molecule has 0 spiro atoms. The van der Waals surface area contributed by atoms with E-state index in [4.69, 9.17) is 10.2 Å². The molecule has 22 heavy (non-hydrogen) atoms. The SMILES string of the molecule is Cc1cc(N(CCO)CCO)c2ccc(C(F)(F)F)cc2n1. The van der Waals surface area contributed by atoms with Crippen molar-refractivity contribution in [2.24, 2.45) is 0 Å². The van der Waals surface area contributed by atoms with Crippen molar-refractivity contribution in [2.45, 2.75) is 13.1 Å². The van der Waals surface area contributed by atoms with Crippen molar-refractivity contribution >= 4 is 16.6 Å². The van der Waals surface area contributed by atoms with Crippen LogP contribution in [0.25, 0.3) is 10.9 Å². The fourth-order valence-electron chi connectivity index (χ4n) is 2.37. The number of hydrogen-bond acceptors (Lipinski definition) is 4. The Balaban J connectivity index is 2.59. The Kier molecular flexibility index (Phi) is 4.87. The third-order valence-corrected chi connectivity index (χ3v) is 3.32. The van der Waals surface area contributed by atoms with Gasteiger partial charge in [-0.1, -0.05) is 6.07 Å². The third-order valence-electron chi connectivity index (χ3n) is 3.32. The molecule has 1 aromatic heterocycles. The van der Waals surface area contributed by atoms with Crippen LogP contribution in [0.5, 0.6) is 0 Å². The summed E-state index contributed by atoms with van der Waals surface area (Å²) in [4.78, 5) is 5.89. The topological polar surface area (TPSA) is 56.6 Å². The first-order chi connectivity index (χ1) is 10.4. The summed E-state index contributed by atoms with van der Waals surface area (Å²) < 4.78 is 38.4. The van der Waals surface area contributed by atoms with Crippen LogP contribution in [0.3, 0.4) is 0 Å². The third kappa shape index (κ3) is 3.48. The summed E-state index contributed by atoms with van der Waals surface area (Å²) in [5.41, 5.74) is 0.715. The molecule has 0 unspecified atom stereocenters. The minimum absolute atomic E-state index is 0.122. The maximum atomic E-state index is 12.8. The highest BCUT2D eigenvalue weighted by Gasteiger charge is 2.30. The molecule has 0 aliphatic heterocycles. The van der Waals surface area contributed by atoms with Crippen LogP contribution >= 0.6 is 0 Å². The van der Waals surface area contributed by atoms with E-state index in [-0.39, 0.29) is 31.8 Å². The Labute approximate surface area is 125 Å². The van der Waals surface area contributed by atoms with Crippen LogP contribution in [0.4, 0.5) is 18.9 Å². The van der Waals surface area contributed by atoms with Crippen LogP contribution in [0.1, 0.15) is 11.3 Å². The number of hydrogen-bond donors (Lipinski definition) is 2. The van der Waals surface area contributed by atoms with Gasteiger partial charge in [-0.3, -0.25) is 4.98 Å². The standard InChI is InChI=1S/C15H17F3N2O2/c1-10-8-14(20(4-6-21)5-7-22)12-3-2-11(15(16,17)18)9-13(12)19-10/h2-3,8-9,21-22H,4-7H2,1H3. The van der Waals surface area contributed by atoms with E-state index >= 15 is 0 Å². The number of alkyl halides is 3. The average molecular weight is 314 g/mol. The summed E-state index contributed by atoms with van der Waals surface area (Å²) in [6.07, 6.45) is -4.42. The molecule has 0 fully saturated rings. The van der Waals surface area contributed by atoms with Gasteiger partial charge in [0.05, 0.1) is 24.3 Å². The molecule has 0 radical (unpaired) electrons. The van der Waals surface area contributed by atoms with Gasteiger partial charge in [0, 0.05) is 29.9 Å². The highest BCUT2D eigenvalue weighted by molar-refractivity contribution is 5.92. The fraction of sp³-hybridized carbons (Fsp3) is 0.400. The van der Waals surface area contributed by atoms with Crippen LogP contribution in [-0.2, 0) is 6.18 Å². The molecular weight excluding hydrogens is 297 g/mol. The molecule has 0 saturated carbocycles. The summed E-state index contributed by atoms with van der Waals surface area (Å²) in [5, 5.41) is 18.8. The van der Waals surface area contributed by atoms with Crippen molar-refractivity contribution in [1.82, 2.24) is 4.98 Å². The van der Waals surface area contributed by atoms with Crippen molar-refractivity contribution in [1.29, 1.82) is 0 Å². The van der Waals surface area contributed by atoms with Crippen molar-refractivity contribution in [3.8, 4) is 0 Å². The van der Waals surface area contributed by atoms with Gasteiger partial charge in [-0.2, -0.15) is 13.2 Å². The van der Waals surface area contributed by atoms with Crippen LogP contribution in [-0.4, -0.2) is 41.5 Å². The zero-order valence-electron chi connectivity index (χ0n) is 12.1. The van der Waals surface area contributed by atoms with E-state index in [1.807, 2.05) is 0 Å². The first-order valence-corrected chi connectivity index (χ1v) is 6.82. The van der Waals surface area contributed by atoms with Gasteiger partial charge in [0.25, 0.3) is 0 Å². The molecule has 0 saturated heterocycles. The lowest BCUT2D eigenvalue weighted by Crippen LogP contribution is -2.30. The zero-order valence-corrected chi connectivity index (χ0v) is 12.1. The maximum Gasteiger partial charge on any atom is 0.416 e. The first-order valence-electron chi connectivity index (χ1n) is 6.82. The lowest BCUT2D eigenvalue weighted by molar-refractivity contribution is -0.137. The molecule has 0 aliphatic rings. The van der Waals surface area contributed by atoms with Crippen LogP contribution < -0.4 is 4.90 Å². The monoisotopic (exact) mass is 314 g/mol. The summed E-state index contributed by atoms with van der Waals surface area (Å²) >= 11 is 0. The Morgan fingerprint density at radius 3 is 2.27 bits per heavy atom. The van der Waals surface area contributed by atoms with Crippen molar-refractivity contribution in [3.05, 3.63) is 35.5 Å². The molecule has 2 N–H and O–H groups in total. The van der Waals surface area contributed by atoms with Gasteiger partial charge >= 0.3 is 6.18 Å². The van der Waals surface area contributed by atoms with E-state index < -0.39 is 11.7 Å². The predicted octanol–water partition coefficient (Wildman–Crippen LogP) is 2.35. The number of aromatic nitrogens is 1. The number of aliphatic hydroxyl groups excluding tert-OH is 2. The number of anilines is 1. The minimum atomic E-state index is -4.42. The molecular formula is C15H17F3N2O2. The van der Waals surface area contributed by atoms with Crippen LogP contribution in [0.15, 0.2) is 24.3 Å². The summed E-state index contributed by atoms with van der Waals surface area (Å²) in [6, 6.07) is 5.14. The lowest BCUT2D eigenvalue weighted by atomic mass is 10.1. The zero-order chi connectivity index (χ0) is 16.3. The van der Waals surface area contributed by atoms with Gasteiger partial charge in [-0.15, -0.1) is 0 Å². The van der Waals surface area contributed by atoms with Gasteiger partial charge < -0.3 is 15.1 Å². The smallest absolute Gasteiger partial charge is 0.395 e. The molecule has 1 heterocycles. The molecule has 0 bridgehead atoms. The van der Waals surface area contributed by atoms with Crippen molar-refractivity contribution in [2.75, 3.05) is 31.2 Å². The van der Waals surface area contributed by atoms with E-state index in [2.05, 4.69) is 4.98 Å². The fourth-order valence-corrected chi connectivity index (χ4v) is 2.37. The second-order valence-corrected chi connectivity index (χ2v) is 4.95. The Morgan fingerprint density at radius 1 is 1.09 bits per heavy atom. The molecule has 1 aromatic carbocycles. The van der Waals surface area contributed by atoms with E-state index in [0.717, 1.165) is 12.1 Å². The van der Waals surface area contributed by atoms with Gasteiger partial charge in [0.15, 0.2) is 0 Å². The second kappa shape index (κ2) is 6.50. The Hall–Kier alpha value is -1.86. The number of pyridine rings is 1. The summed E-state index contributed by atoms with van der Waals surface area (Å²) in [6.45, 7) is 2.01. The van der Waals surface area contributed by atoms with Crippen molar-refractivity contribution < 1.29 is 23.4 Å². The van der Waals surface area contributed by atoms with E-state index in [0.29, 0.717) is 16.8 Å². The van der Waals surface area contributed by atoms with E-state index in [1.165, 1.54) is 6.07 Å². The van der Waals surface area contributed by atoms with Gasteiger partial charge in [0.1, 0.15) is 0 Å². The normalized spacial score (nSPS) is 11.9. The first kappa shape index (κ1) is 16.5. The summed E-state index contributed by atoms with van der Waals surface area (Å²) in [7, 11) is 0. The molecule has 120 valence electrons. The number of nitrogens with zero attached hydrogens (tertiary/aromatic N) is 2. The molecule has 0 amide bonds. The highest BCUT2D eigenvalue weighted by atomic mass is 19.4.